The predicted molar refractivity (Wildman–Crippen MR) is 229 cm³/mol. The number of nitrogens with one attached hydrogen (secondary N) is 1. The monoisotopic (exact) mass is 772 g/mol. The fraction of sp³-hybridized carbons (Fsp3) is 0.956. The number of nitrogens with zero attached hydrogens (tertiary/aromatic N) is 2. The van der Waals surface area contributed by atoms with Crippen LogP contribution in [0.1, 0.15) is 207 Å². The summed E-state index contributed by atoms with van der Waals surface area (Å²) < 4.78 is 11.5. The normalized spacial score (nSPS) is 12.6. The fourth-order valence-electron chi connectivity index (χ4n) is 7.19. The van der Waals surface area contributed by atoms with Crippen LogP contribution >= 0.6 is 11.6 Å². The van der Waals surface area contributed by atoms with Crippen molar-refractivity contribution in [2.75, 3.05) is 58.9 Å². The van der Waals surface area contributed by atoms with E-state index in [4.69, 9.17) is 21.1 Å². The van der Waals surface area contributed by atoms with Gasteiger partial charge in [0, 0.05) is 32.6 Å². The van der Waals surface area contributed by atoms with Crippen LogP contribution in [-0.2, 0) is 9.47 Å². The molecule has 2 unspecified atom stereocenters. The van der Waals surface area contributed by atoms with Crippen LogP contribution < -0.4 is 5.32 Å². The molecule has 8 heteroatoms. The molecule has 0 fully saturated rings. The van der Waals surface area contributed by atoms with Crippen molar-refractivity contribution < 1.29 is 19.1 Å². The van der Waals surface area contributed by atoms with Gasteiger partial charge >= 0.3 is 12.2 Å². The van der Waals surface area contributed by atoms with Gasteiger partial charge in [-0.3, -0.25) is 0 Å². The van der Waals surface area contributed by atoms with E-state index >= 15 is 0 Å². The Bertz CT molecular complexity index is 789. The third kappa shape index (κ3) is 35.0. The van der Waals surface area contributed by atoms with E-state index in [0.29, 0.717) is 44.0 Å². The van der Waals surface area contributed by atoms with Crippen molar-refractivity contribution >= 4 is 23.8 Å². The summed E-state index contributed by atoms with van der Waals surface area (Å²) in [7, 11) is 1.87. The molecule has 1 N–H and O–H groups in total. The topological polar surface area (TPSA) is 71.1 Å². The Morgan fingerprint density at radius 3 is 1.38 bits per heavy atom. The third-order valence-corrected chi connectivity index (χ3v) is 11.0. The predicted octanol–water partition coefficient (Wildman–Crippen LogP) is 13.6. The van der Waals surface area contributed by atoms with Gasteiger partial charge in [-0.15, -0.1) is 11.6 Å². The van der Waals surface area contributed by atoms with E-state index in [1.54, 1.807) is 4.90 Å². The summed E-state index contributed by atoms with van der Waals surface area (Å²) in [6.45, 7) is 14.2. The molecule has 2 atom stereocenters. The number of halogens is 1. The number of alkyl carbamates (subject to hydrolysis) is 1. The van der Waals surface area contributed by atoms with Gasteiger partial charge in [-0.25, -0.2) is 9.59 Å². The quantitative estimate of drug-likeness (QED) is 0.0496. The highest BCUT2D eigenvalue weighted by Gasteiger charge is 2.16. The van der Waals surface area contributed by atoms with Crippen molar-refractivity contribution in [2.24, 2.45) is 11.8 Å². The average molecular weight is 773 g/mol. The number of alkyl halides is 1. The van der Waals surface area contributed by atoms with E-state index in [2.05, 4.69) is 37.9 Å². The van der Waals surface area contributed by atoms with Crippen molar-refractivity contribution in [3.8, 4) is 0 Å². The van der Waals surface area contributed by atoms with Crippen LogP contribution in [0.3, 0.4) is 0 Å². The third-order valence-electron chi connectivity index (χ3n) is 10.9. The van der Waals surface area contributed by atoms with Crippen LogP contribution in [0.2, 0.25) is 0 Å². The second-order valence-corrected chi connectivity index (χ2v) is 16.4. The number of hydrogen-bond donors (Lipinski definition) is 1. The van der Waals surface area contributed by atoms with E-state index in [0.717, 1.165) is 51.7 Å². The Morgan fingerprint density at radius 1 is 0.509 bits per heavy atom. The van der Waals surface area contributed by atoms with E-state index < -0.39 is 0 Å². The summed E-state index contributed by atoms with van der Waals surface area (Å²) in [5, 5.41) is 2.98. The second-order valence-electron chi connectivity index (χ2n) is 16.0. The standard InChI is InChI=1S/C45H90ClN3O4/c1-6-10-14-18-20-24-32-42(30-22-16-12-8-3)40-52-44(50)47-35-26-27-37-49(39-34-46)38-29-28-36-48(5)45(51)53-41-43(31-23-17-13-9-4)33-25-21-19-15-11-7-2/h42-43H,6-41H2,1-5H3,(H,47,50). The summed E-state index contributed by atoms with van der Waals surface area (Å²) in [5.41, 5.74) is 0. The van der Waals surface area contributed by atoms with Crippen LogP contribution in [0.4, 0.5) is 9.59 Å². The maximum Gasteiger partial charge on any atom is 0.409 e. The lowest BCUT2D eigenvalue weighted by atomic mass is 9.95. The van der Waals surface area contributed by atoms with E-state index in [1.807, 2.05) is 7.05 Å². The molecule has 0 rings (SSSR count). The maximum absolute atomic E-state index is 12.8. The number of hydrogen-bond acceptors (Lipinski definition) is 5. The van der Waals surface area contributed by atoms with Gasteiger partial charge in [0.05, 0.1) is 13.2 Å². The van der Waals surface area contributed by atoms with Crippen LogP contribution in [0.5, 0.6) is 0 Å². The molecule has 0 aliphatic carbocycles. The summed E-state index contributed by atoms with van der Waals surface area (Å²) >= 11 is 6.13. The number of rotatable bonds is 40. The number of amides is 2. The smallest absolute Gasteiger partial charge is 0.409 e. The molecule has 316 valence electrons. The lowest BCUT2D eigenvalue weighted by Crippen LogP contribution is -2.32. The molecular formula is C45H90ClN3O4. The van der Waals surface area contributed by atoms with Gasteiger partial charge in [0.1, 0.15) is 0 Å². The first kappa shape index (κ1) is 51.8. The lowest BCUT2D eigenvalue weighted by molar-refractivity contribution is 0.0897. The number of carbonyl (C=O) groups excluding carboxylic acids is 2. The Balaban J connectivity index is 4.34. The largest absolute Gasteiger partial charge is 0.449 e. The molecule has 0 saturated carbocycles. The van der Waals surface area contributed by atoms with Crippen LogP contribution in [0.15, 0.2) is 0 Å². The van der Waals surface area contributed by atoms with E-state index in [-0.39, 0.29) is 12.2 Å². The number of carbonyl (C=O) groups is 2. The van der Waals surface area contributed by atoms with Crippen molar-refractivity contribution in [1.29, 1.82) is 0 Å². The van der Waals surface area contributed by atoms with E-state index in [9.17, 15) is 9.59 Å². The van der Waals surface area contributed by atoms with Crippen molar-refractivity contribution in [3.63, 3.8) is 0 Å². The van der Waals surface area contributed by atoms with Crippen molar-refractivity contribution in [2.45, 2.75) is 207 Å². The van der Waals surface area contributed by atoms with Crippen molar-refractivity contribution in [3.05, 3.63) is 0 Å². The van der Waals surface area contributed by atoms with Crippen LogP contribution in [-0.4, -0.2) is 80.9 Å². The number of ether oxygens (including phenoxy) is 2. The zero-order valence-corrected chi connectivity index (χ0v) is 36.8. The summed E-state index contributed by atoms with van der Waals surface area (Å²) in [5.74, 6) is 1.57. The molecule has 0 heterocycles. The second kappa shape index (κ2) is 40.5. The lowest BCUT2D eigenvalue weighted by Gasteiger charge is -2.23. The first-order valence-electron chi connectivity index (χ1n) is 23.0. The molecule has 0 aliphatic heterocycles. The van der Waals surface area contributed by atoms with Gasteiger partial charge in [0.25, 0.3) is 0 Å². The fourth-order valence-corrected chi connectivity index (χ4v) is 7.43. The van der Waals surface area contributed by atoms with Gasteiger partial charge in [0.2, 0.25) is 0 Å². The summed E-state index contributed by atoms with van der Waals surface area (Å²) in [4.78, 5) is 29.4. The van der Waals surface area contributed by atoms with Crippen LogP contribution in [0, 0.1) is 11.8 Å². The molecule has 0 aliphatic rings. The first-order chi connectivity index (χ1) is 25.9. The molecule has 2 amide bonds. The Morgan fingerprint density at radius 2 is 0.906 bits per heavy atom. The SMILES string of the molecule is CCCCCCCCC(CCCCCC)COC(=O)NCCCCN(CCCl)CCCCN(C)C(=O)OCC(CCCCCC)CCCCCCCC. The zero-order valence-electron chi connectivity index (χ0n) is 36.0. The molecular weight excluding hydrogens is 682 g/mol. The van der Waals surface area contributed by atoms with Gasteiger partial charge in [-0.1, -0.05) is 156 Å². The minimum atomic E-state index is -0.271. The molecule has 7 nitrogen and oxygen atoms in total. The van der Waals surface area contributed by atoms with Gasteiger partial charge in [-0.2, -0.15) is 0 Å². The van der Waals surface area contributed by atoms with Crippen molar-refractivity contribution in [1.82, 2.24) is 15.1 Å². The summed E-state index contributed by atoms with van der Waals surface area (Å²) in [6, 6.07) is 0. The highest BCUT2D eigenvalue weighted by Crippen LogP contribution is 2.21. The average Bonchev–Trinajstić information content (AvgIpc) is 3.16. The van der Waals surface area contributed by atoms with Gasteiger partial charge in [0.15, 0.2) is 0 Å². The highest BCUT2D eigenvalue weighted by molar-refractivity contribution is 6.18. The molecule has 53 heavy (non-hydrogen) atoms. The molecule has 0 bridgehead atoms. The first-order valence-corrected chi connectivity index (χ1v) is 23.5. The summed E-state index contributed by atoms with van der Waals surface area (Å²) in [6.07, 6.45) is 33.9. The van der Waals surface area contributed by atoms with Crippen LogP contribution in [0.25, 0.3) is 0 Å². The molecule has 0 aromatic heterocycles. The Hall–Kier alpha value is -1.21. The van der Waals surface area contributed by atoms with Gasteiger partial charge in [-0.05, 0) is 76.3 Å². The molecule has 0 aromatic carbocycles. The van der Waals surface area contributed by atoms with E-state index in [1.165, 1.54) is 148 Å². The minimum Gasteiger partial charge on any atom is -0.449 e. The zero-order chi connectivity index (χ0) is 39.0. The number of unbranched alkanes of at least 4 members (excludes halogenated alkanes) is 18. The maximum atomic E-state index is 12.8. The molecule has 0 spiro atoms. The Labute approximate surface area is 335 Å². The minimum absolute atomic E-state index is 0.185. The molecule has 0 saturated heterocycles. The van der Waals surface area contributed by atoms with Gasteiger partial charge < -0.3 is 24.6 Å². The molecule has 0 aromatic rings. The highest BCUT2D eigenvalue weighted by atomic mass is 35.5. The molecule has 0 radical (unpaired) electrons. The Kier molecular flexibility index (Phi) is 39.5.